The average Bonchev–Trinajstić information content (AvgIpc) is 3.23. The van der Waals surface area contributed by atoms with Crippen molar-refractivity contribution in [1.29, 1.82) is 0 Å². The van der Waals surface area contributed by atoms with Gasteiger partial charge in [-0.3, -0.25) is 14.3 Å². The first kappa shape index (κ1) is 23.0. The van der Waals surface area contributed by atoms with Crippen LogP contribution in [0.25, 0.3) is 32.2 Å². The molecule has 0 amide bonds. The molecule has 3 aromatic heterocycles. The van der Waals surface area contributed by atoms with Crippen molar-refractivity contribution in [3.8, 4) is 10.6 Å². The van der Waals surface area contributed by atoms with Crippen LogP contribution in [-0.2, 0) is 11.2 Å². The van der Waals surface area contributed by atoms with Crippen LogP contribution in [0.15, 0.2) is 59.8 Å². The Morgan fingerprint density at radius 2 is 1.94 bits per heavy atom. The van der Waals surface area contributed by atoms with Crippen LogP contribution >= 0.6 is 11.3 Å². The molecule has 1 fully saturated rings. The van der Waals surface area contributed by atoms with Gasteiger partial charge in [-0.05, 0) is 61.4 Å². The van der Waals surface area contributed by atoms with E-state index in [1.54, 1.807) is 22.2 Å². The number of aliphatic hydroxyl groups is 1. The highest BCUT2D eigenvalue weighted by Gasteiger charge is 2.27. The zero-order valence-electron chi connectivity index (χ0n) is 20.1. The van der Waals surface area contributed by atoms with Crippen LogP contribution in [0.4, 0.5) is 0 Å². The normalized spacial score (nSPS) is 18.2. The van der Waals surface area contributed by atoms with Crippen LogP contribution in [0.1, 0.15) is 34.3 Å². The fourth-order valence-corrected chi connectivity index (χ4v) is 6.05. The van der Waals surface area contributed by atoms with Crippen molar-refractivity contribution in [2.24, 2.45) is 0 Å². The van der Waals surface area contributed by atoms with Gasteiger partial charge in [0.15, 0.2) is 0 Å². The molecular formula is C28H26N4O3S. The third-order valence-corrected chi connectivity index (χ3v) is 7.98. The SMILES string of the molecule is Cc1nc(C)c(-c2cc(Cc3cc4c(=O)n(C5CCOCC5O)cnc4c4ccccc34)ccn2)s1. The molecule has 4 heterocycles. The first-order valence-electron chi connectivity index (χ1n) is 12.1. The van der Waals surface area contributed by atoms with Crippen LogP contribution in [0.2, 0.25) is 0 Å². The summed E-state index contributed by atoms with van der Waals surface area (Å²) < 4.78 is 6.94. The van der Waals surface area contributed by atoms with Crippen molar-refractivity contribution in [3.63, 3.8) is 0 Å². The number of hydrogen-bond donors (Lipinski definition) is 1. The minimum absolute atomic E-state index is 0.135. The van der Waals surface area contributed by atoms with Crippen molar-refractivity contribution in [2.45, 2.75) is 38.8 Å². The standard InChI is InChI=1S/C28H26N4O3S/c1-16-27(36-17(2)31-16)23-12-18(7-9-29-23)11-19-13-22-26(21-6-4-3-5-20(19)21)30-15-32(28(22)34)24-8-10-35-14-25(24)33/h3-7,9,12-13,15,24-25,33H,8,10-11,14H2,1-2H3. The predicted molar refractivity (Wildman–Crippen MR) is 142 cm³/mol. The van der Waals surface area contributed by atoms with Crippen LogP contribution in [0.3, 0.4) is 0 Å². The van der Waals surface area contributed by atoms with Gasteiger partial charge in [0, 0.05) is 18.2 Å². The first-order valence-corrected chi connectivity index (χ1v) is 12.9. The van der Waals surface area contributed by atoms with Gasteiger partial charge in [-0.2, -0.15) is 0 Å². The fourth-order valence-electron chi connectivity index (χ4n) is 5.16. The lowest BCUT2D eigenvalue weighted by atomic mass is 9.95. The van der Waals surface area contributed by atoms with E-state index in [-0.39, 0.29) is 18.2 Å². The minimum Gasteiger partial charge on any atom is -0.389 e. The quantitative estimate of drug-likeness (QED) is 0.364. The number of aryl methyl sites for hydroxylation is 2. The minimum atomic E-state index is -0.732. The van der Waals surface area contributed by atoms with Gasteiger partial charge in [0.2, 0.25) is 0 Å². The van der Waals surface area contributed by atoms with Crippen molar-refractivity contribution in [2.75, 3.05) is 13.2 Å². The van der Waals surface area contributed by atoms with Crippen molar-refractivity contribution in [3.05, 3.63) is 87.2 Å². The zero-order chi connectivity index (χ0) is 24.8. The molecule has 0 saturated carbocycles. The van der Waals surface area contributed by atoms with Crippen LogP contribution in [-0.4, -0.2) is 43.9 Å². The number of ether oxygens (including phenoxy) is 1. The zero-order valence-corrected chi connectivity index (χ0v) is 21.0. The second-order valence-electron chi connectivity index (χ2n) is 9.31. The smallest absolute Gasteiger partial charge is 0.261 e. The summed E-state index contributed by atoms with van der Waals surface area (Å²) in [6.45, 7) is 4.75. The van der Waals surface area contributed by atoms with Gasteiger partial charge in [-0.15, -0.1) is 11.3 Å². The molecule has 0 bridgehead atoms. The summed E-state index contributed by atoms with van der Waals surface area (Å²) in [4.78, 5) is 28.6. The predicted octanol–water partition coefficient (Wildman–Crippen LogP) is 4.60. The van der Waals surface area contributed by atoms with Gasteiger partial charge in [0.1, 0.15) is 0 Å². The van der Waals surface area contributed by atoms with Gasteiger partial charge < -0.3 is 9.84 Å². The summed E-state index contributed by atoms with van der Waals surface area (Å²) in [5, 5.41) is 14.1. The number of hydrogen-bond acceptors (Lipinski definition) is 7. The molecule has 182 valence electrons. The lowest BCUT2D eigenvalue weighted by Gasteiger charge is -2.29. The molecule has 0 radical (unpaired) electrons. The Morgan fingerprint density at radius 3 is 2.72 bits per heavy atom. The number of benzene rings is 2. The fraction of sp³-hybridized carbons (Fsp3) is 0.286. The highest BCUT2D eigenvalue weighted by atomic mass is 32.1. The van der Waals surface area contributed by atoms with Gasteiger partial charge in [0.25, 0.3) is 5.56 Å². The third-order valence-electron chi connectivity index (χ3n) is 6.88. The molecule has 1 N–H and O–H groups in total. The molecular weight excluding hydrogens is 472 g/mol. The summed E-state index contributed by atoms with van der Waals surface area (Å²) in [5.74, 6) is 0. The van der Waals surface area contributed by atoms with Crippen molar-refractivity contribution < 1.29 is 9.84 Å². The molecule has 0 spiro atoms. The van der Waals surface area contributed by atoms with E-state index in [1.807, 2.05) is 50.4 Å². The van der Waals surface area contributed by atoms with E-state index in [1.165, 1.54) is 0 Å². The largest absolute Gasteiger partial charge is 0.389 e. The van der Waals surface area contributed by atoms with E-state index in [4.69, 9.17) is 4.74 Å². The van der Waals surface area contributed by atoms with E-state index in [2.05, 4.69) is 27.1 Å². The molecule has 8 heteroatoms. The Balaban J connectivity index is 1.48. The molecule has 5 aromatic rings. The number of fused-ring (bicyclic) bond motifs is 3. The highest BCUT2D eigenvalue weighted by Crippen LogP contribution is 2.31. The summed E-state index contributed by atoms with van der Waals surface area (Å²) in [6.07, 6.45) is 3.90. The Labute approximate surface area is 212 Å². The van der Waals surface area contributed by atoms with E-state index < -0.39 is 6.10 Å². The summed E-state index contributed by atoms with van der Waals surface area (Å²) in [6, 6.07) is 13.8. The maximum absolute atomic E-state index is 13.7. The second kappa shape index (κ2) is 9.20. The van der Waals surface area contributed by atoms with Gasteiger partial charge in [-0.25, -0.2) is 9.97 Å². The van der Waals surface area contributed by atoms with Crippen LogP contribution in [0.5, 0.6) is 0 Å². The monoisotopic (exact) mass is 498 g/mol. The number of aromatic nitrogens is 4. The van der Waals surface area contributed by atoms with Crippen molar-refractivity contribution in [1.82, 2.24) is 19.5 Å². The summed E-state index contributed by atoms with van der Waals surface area (Å²) in [7, 11) is 0. The van der Waals surface area contributed by atoms with E-state index in [0.717, 1.165) is 43.2 Å². The molecule has 2 atom stereocenters. The Morgan fingerprint density at radius 1 is 1.11 bits per heavy atom. The first-order chi connectivity index (χ1) is 17.5. The molecule has 7 nitrogen and oxygen atoms in total. The van der Waals surface area contributed by atoms with Gasteiger partial charge >= 0.3 is 0 Å². The molecule has 2 aromatic carbocycles. The Kier molecular flexibility index (Phi) is 5.87. The van der Waals surface area contributed by atoms with Crippen LogP contribution < -0.4 is 5.56 Å². The summed E-state index contributed by atoms with van der Waals surface area (Å²) >= 11 is 1.65. The summed E-state index contributed by atoms with van der Waals surface area (Å²) in [5.41, 5.74) is 4.61. The van der Waals surface area contributed by atoms with E-state index in [0.29, 0.717) is 30.4 Å². The maximum atomic E-state index is 13.7. The molecule has 6 rings (SSSR count). The maximum Gasteiger partial charge on any atom is 0.261 e. The average molecular weight is 499 g/mol. The third kappa shape index (κ3) is 4.01. The van der Waals surface area contributed by atoms with E-state index in [9.17, 15) is 9.90 Å². The Bertz CT molecular complexity index is 1660. The number of aliphatic hydroxyl groups excluding tert-OH is 1. The molecule has 2 unspecified atom stereocenters. The van der Waals surface area contributed by atoms with E-state index >= 15 is 0 Å². The van der Waals surface area contributed by atoms with Gasteiger partial charge in [0.05, 0.1) is 57.3 Å². The second-order valence-corrected chi connectivity index (χ2v) is 10.5. The topological polar surface area (TPSA) is 90.1 Å². The van der Waals surface area contributed by atoms with Crippen molar-refractivity contribution >= 4 is 33.0 Å². The molecule has 36 heavy (non-hydrogen) atoms. The molecule has 1 aliphatic heterocycles. The number of pyridine rings is 1. The highest BCUT2D eigenvalue weighted by molar-refractivity contribution is 7.15. The Hall–Kier alpha value is -3.46. The van der Waals surface area contributed by atoms with Crippen LogP contribution in [0, 0.1) is 13.8 Å². The number of rotatable bonds is 4. The lowest BCUT2D eigenvalue weighted by Crippen LogP contribution is -2.39. The molecule has 0 aliphatic carbocycles. The number of nitrogens with zero attached hydrogens (tertiary/aromatic N) is 4. The molecule has 1 saturated heterocycles. The van der Waals surface area contributed by atoms with Gasteiger partial charge in [-0.1, -0.05) is 24.3 Å². The lowest BCUT2D eigenvalue weighted by molar-refractivity contribution is -0.0395. The number of thiazole rings is 1. The molecule has 1 aliphatic rings.